The van der Waals surface area contributed by atoms with Crippen LogP contribution in [0.15, 0.2) is 27.8 Å². The summed E-state index contributed by atoms with van der Waals surface area (Å²) in [4.78, 5) is 25.6. The molecule has 1 N–H and O–H groups in total. The Morgan fingerprint density at radius 2 is 2.12 bits per heavy atom. The molecule has 0 fully saturated rings. The van der Waals surface area contributed by atoms with Gasteiger partial charge in [-0.15, -0.1) is 0 Å². The number of H-pyrrole nitrogens is 1. The van der Waals surface area contributed by atoms with Crippen LogP contribution in [-0.2, 0) is 6.54 Å². The highest BCUT2D eigenvalue weighted by Crippen LogP contribution is 2.15. The van der Waals surface area contributed by atoms with E-state index in [9.17, 15) is 9.59 Å². The second-order valence-electron chi connectivity index (χ2n) is 3.57. The molecule has 0 atom stereocenters. The SMILES string of the molecule is CCCn1c(=O)c(=O)[nH]c2ccc(Cl)cc21. The first kappa shape index (κ1) is 11.0. The smallest absolute Gasteiger partial charge is 0.316 e. The maximum Gasteiger partial charge on any atom is 0.316 e. The van der Waals surface area contributed by atoms with E-state index >= 15 is 0 Å². The summed E-state index contributed by atoms with van der Waals surface area (Å²) in [6.07, 6.45) is 0.783. The molecule has 0 radical (unpaired) electrons. The van der Waals surface area contributed by atoms with Gasteiger partial charge in [0, 0.05) is 11.6 Å². The fourth-order valence-corrected chi connectivity index (χ4v) is 1.85. The lowest BCUT2D eigenvalue weighted by Crippen LogP contribution is -2.36. The van der Waals surface area contributed by atoms with Crippen molar-refractivity contribution in [2.24, 2.45) is 0 Å². The number of aromatic amines is 1. The van der Waals surface area contributed by atoms with E-state index < -0.39 is 11.1 Å². The van der Waals surface area contributed by atoms with E-state index in [0.29, 0.717) is 22.6 Å². The minimum absolute atomic E-state index is 0.513. The van der Waals surface area contributed by atoms with Gasteiger partial charge in [-0.2, -0.15) is 0 Å². The molecule has 84 valence electrons. The van der Waals surface area contributed by atoms with Crippen LogP contribution in [0.1, 0.15) is 13.3 Å². The van der Waals surface area contributed by atoms with Gasteiger partial charge in [-0.25, -0.2) is 0 Å². The summed E-state index contributed by atoms with van der Waals surface area (Å²) in [5.41, 5.74) is 0.168. The van der Waals surface area contributed by atoms with Crippen molar-refractivity contribution in [3.05, 3.63) is 43.9 Å². The van der Waals surface area contributed by atoms with Crippen molar-refractivity contribution in [3.8, 4) is 0 Å². The monoisotopic (exact) mass is 238 g/mol. The summed E-state index contributed by atoms with van der Waals surface area (Å²) in [5, 5.41) is 0.545. The molecule has 1 aromatic carbocycles. The lowest BCUT2D eigenvalue weighted by molar-refractivity contribution is 0.669. The van der Waals surface area contributed by atoms with Gasteiger partial charge >= 0.3 is 11.1 Å². The molecular weight excluding hydrogens is 228 g/mol. The molecule has 2 aromatic rings. The zero-order valence-electron chi connectivity index (χ0n) is 8.79. The van der Waals surface area contributed by atoms with Gasteiger partial charge in [0.2, 0.25) is 0 Å². The Morgan fingerprint density at radius 1 is 1.38 bits per heavy atom. The molecular formula is C11H11ClN2O2. The average Bonchev–Trinajstić information content (AvgIpc) is 2.26. The Kier molecular flexibility index (Phi) is 2.83. The Labute approximate surface area is 96.5 Å². The van der Waals surface area contributed by atoms with Crippen LogP contribution in [-0.4, -0.2) is 9.55 Å². The Hall–Kier alpha value is -1.55. The summed E-state index contributed by atoms with van der Waals surface area (Å²) in [6, 6.07) is 5.06. The molecule has 0 spiro atoms. The zero-order chi connectivity index (χ0) is 11.7. The minimum Gasteiger partial charge on any atom is -0.316 e. The average molecular weight is 239 g/mol. The van der Waals surface area contributed by atoms with Gasteiger partial charge in [0.25, 0.3) is 0 Å². The molecule has 4 nitrogen and oxygen atoms in total. The molecule has 0 bridgehead atoms. The first-order valence-electron chi connectivity index (χ1n) is 5.06. The second-order valence-corrected chi connectivity index (χ2v) is 4.01. The van der Waals surface area contributed by atoms with Gasteiger partial charge in [-0.05, 0) is 24.6 Å². The van der Waals surface area contributed by atoms with Crippen LogP contribution in [0.5, 0.6) is 0 Å². The summed E-state index contributed by atoms with van der Waals surface area (Å²) < 4.78 is 1.46. The van der Waals surface area contributed by atoms with Crippen molar-refractivity contribution < 1.29 is 0 Å². The first-order chi connectivity index (χ1) is 7.63. The maximum absolute atomic E-state index is 11.7. The van der Waals surface area contributed by atoms with Gasteiger partial charge in [0.05, 0.1) is 11.0 Å². The third-order valence-electron chi connectivity index (χ3n) is 2.39. The number of fused-ring (bicyclic) bond motifs is 1. The zero-order valence-corrected chi connectivity index (χ0v) is 9.54. The largest absolute Gasteiger partial charge is 0.316 e. The first-order valence-corrected chi connectivity index (χ1v) is 5.43. The van der Waals surface area contributed by atoms with Crippen LogP contribution in [0.2, 0.25) is 5.02 Å². The van der Waals surface area contributed by atoms with Crippen LogP contribution < -0.4 is 11.1 Å². The van der Waals surface area contributed by atoms with Gasteiger partial charge in [0.15, 0.2) is 0 Å². The number of nitrogens with zero attached hydrogens (tertiary/aromatic N) is 1. The quantitative estimate of drug-likeness (QED) is 0.811. The van der Waals surface area contributed by atoms with E-state index in [2.05, 4.69) is 4.98 Å². The van der Waals surface area contributed by atoms with Crippen molar-refractivity contribution in [1.82, 2.24) is 9.55 Å². The highest BCUT2D eigenvalue weighted by atomic mass is 35.5. The van der Waals surface area contributed by atoms with E-state index in [-0.39, 0.29) is 0 Å². The van der Waals surface area contributed by atoms with E-state index in [1.807, 2.05) is 6.92 Å². The summed E-state index contributed by atoms with van der Waals surface area (Å²) in [6.45, 7) is 2.46. The predicted octanol–water partition coefficient (Wildman–Crippen LogP) is 1.75. The number of benzene rings is 1. The number of aromatic nitrogens is 2. The van der Waals surface area contributed by atoms with E-state index in [0.717, 1.165) is 6.42 Å². The summed E-state index contributed by atoms with van der Waals surface area (Å²) >= 11 is 5.88. The molecule has 0 amide bonds. The number of hydrogen-bond donors (Lipinski definition) is 1. The molecule has 16 heavy (non-hydrogen) atoms. The fourth-order valence-electron chi connectivity index (χ4n) is 1.69. The number of halogens is 1. The highest BCUT2D eigenvalue weighted by molar-refractivity contribution is 6.31. The van der Waals surface area contributed by atoms with Gasteiger partial charge in [0.1, 0.15) is 0 Å². The number of aryl methyl sites for hydroxylation is 1. The Bertz CT molecular complexity index is 642. The molecule has 2 rings (SSSR count). The lowest BCUT2D eigenvalue weighted by Gasteiger charge is -2.08. The van der Waals surface area contributed by atoms with Gasteiger partial charge in [-0.1, -0.05) is 18.5 Å². The molecule has 0 saturated carbocycles. The third-order valence-corrected chi connectivity index (χ3v) is 2.62. The maximum atomic E-state index is 11.7. The van der Waals surface area contributed by atoms with E-state index in [4.69, 9.17) is 11.6 Å². The molecule has 0 aliphatic rings. The number of nitrogens with one attached hydrogen (secondary N) is 1. The standard InChI is InChI=1S/C11H11ClN2O2/c1-2-5-14-9-6-7(12)3-4-8(9)13-10(15)11(14)16/h3-4,6H,2,5H2,1H3,(H,13,15). The van der Waals surface area contributed by atoms with Crippen LogP contribution in [0, 0.1) is 0 Å². The Morgan fingerprint density at radius 3 is 2.81 bits per heavy atom. The minimum atomic E-state index is -0.594. The third kappa shape index (κ3) is 1.76. The molecule has 1 heterocycles. The van der Waals surface area contributed by atoms with Crippen LogP contribution in [0.4, 0.5) is 0 Å². The second kappa shape index (κ2) is 4.14. The molecule has 5 heteroatoms. The van der Waals surface area contributed by atoms with Gasteiger partial charge in [-0.3, -0.25) is 9.59 Å². The van der Waals surface area contributed by atoms with Crippen molar-refractivity contribution in [1.29, 1.82) is 0 Å². The highest BCUT2D eigenvalue weighted by Gasteiger charge is 2.06. The topological polar surface area (TPSA) is 54.9 Å². The van der Waals surface area contributed by atoms with Crippen molar-refractivity contribution in [2.75, 3.05) is 0 Å². The van der Waals surface area contributed by atoms with Crippen molar-refractivity contribution >= 4 is 22.6 Å². The fraction of sp³-hybridized carbons (Fsp3) is 0.273. The normalized spacial score (nSPS) is 10.9. The Balaban J connectivity index is 2.90. The van der Waals surface area contributed by atoms with E-state index in [1.165, 1.54) is 4.57 Å². The predicted molar refractivity (Wildman–Crippen MR) is 64.1 cm³/mol. The van der Waals surface area contributed by atoms with Gasteiger partial charge < -0.3 is 9.55 Å². The van der Waals surface area contributed by atoms with Crippen LogP contribution in [0.25, 0.3) is 11.0 Å². The van der Waals surface area contributed by atoms with Crippen molar-refractivity contribution in [2.45, 2.75) is 19.9 Å². The molecule has 0 saturated heterocycles. The van der Waals surface area contributed by atoms with Crippen LogP contribution in [0.3, 0.4) is 0 Å². The number of hydrogen-bond acceptors (Lipinski definition) is 2. The molecule has 0 unspecified atom stereocenters. The molecule has 0 aliphatic carbocycles. The summed E-state index contributed by atoms with van der Waals surface area (Å²) in [7, 11) is 0. The summed E-state index contributed by atoms with van der Waals surface area (Å²) in [5.74, 6) is 0. The molecule has 1 aromatic heterocycles. The number of rotatable bonds is 2. The molecule has 0 aliphatic heterocycles. The van der Waals surface area contributed by atoms with Crippen LogP contribution >= 0.6 is 11.6 Å². The lowest BCUT2D eigenvalue weighted by atomic mass is 10.3. The van der Waals surface area contributed by atoms with E-state index in [1.54, 1.807) is 18.2 Å². The van der Waals surface area contributed by atoms with Crippen molar-refractivity contribution in [3.63, 3.8) is 0 Å².